The van der Waals surface area contributed by atoms with E-state index in [0.717, 1.165) is 5.56 Å². The maximum atomic E-state index is 12.2. The van der Waals surface area contributed by atoms with Crippen LogP contribution in [0.1, 0.15) is 34.0 Å². The van der Waals surface area contributed by atoms with E-state index >= 15 is 0 Å². The molecule has 0 aliphatic carbocycles. The molecule has 1 N–H and O–H groups in total. The Kier molecular flexibility index (Phi) is 5.52. The molecule has 4 nitrogen and oxygen atoms in total. The first kappa shape index (κ1) is 16.7. The van der Waals surface area contributed by atoms with Crippen LogP contribution in [0.4, 0.5) is 0 Å². The van der Waals surface area contributed by atoms with Crippen LogP contribution in [0.3, 0.4) is 0 Å². The lowest BCUT2D eigenvalue weighted by atomic mass is 10.0. The van der Waals surface area contributed by atoms with Crippen LogP contribution < -0.4 is 10.1 Å². The Bertz CT molecular complexity index is 705. The zero-order valence-corrected chi connectivity index (χ0v) is 13.7. The normalized spacial score (nSPS) is 10.2. The maximum Gasteiger partial charge on any atom is 0.224 e. The lowest BCUT2D eigenvalue weighted by Crippen LogP contribution is -2.24. The lowest BCUT2D eigenvalue weighted by molar-refractivity contribution is -0.120. The highest BCUT2D eigenvalue weighted by Crippen LogP contribution is 2.21. The Morgan fingerprint density at radius 1 is 1.09 bits per heavy atom. The average Bonchev–Trinajstić information content (AvgIpc) is 2.54. The molecule has 23 heavy (non-hydrogen) atoms. The van der Waals surface area contributed by atoms with Crippen LogP contribution in [0.15, 0.2) is 42.5 Å². The van der Waals surface area contributed by atoms with Gasteiger partial charge in [-0.2, -0.15) is 0 Å². The van der Waals surface area contributed by atoms with E-state index in [9.17, 15) is 9.59 Å². The number of Topliss-reactive ketones (excluding diaryl/α,β-unsaturated/α-hetero) is 1. The van der Waals surface area contributed by atoms with E-state index in [4.69, 9.17) is 4.74 Å². The van der Waals surface area contributed by atoms with Crippen LogP contribution in [-0.4, -0.2) is 18.8 Å². The van der Waals surface area contributed by atoms with E-state index in [1.807, 2.05) is 31.2 Å². The smallest absolute Gasteiger partial charge is 0.224 e. The Labute approximate surface area is 136 Å². The Morgan fingerprint density at radius 3 is 2.39 bits per heavy atom. The van der Waals surface area contributed by atoms with Gasteiger partial charge in [-0.15, -0.1) is 0 Å². The van der Waals surface area contributed by atoms with Crippen molar-refractivity contribution in [2.45, 2.75) is 26.8 Å². The Hall–Kier alpha value is -2.62. The van der Waals surface area contributed by atoms with Gasteiger partial charge in [-0.3, -0.25) is 9.59 Å². The molecule has 4 heteroatoms. The number of ether oxygens (including phenoxy) is 1. The second-order valence-corrected chi connectivity index (χ2v) is 5.52. The summed E-state index contributed by atoms with van der Waals surface area (Å²) in [5.74, 6) is 0.471. The lowest BCUT2D eigenvalue weighted by Gasteiger charge is -2.10. The molecule has 2 aromatic rings. The van der Waals surface area contributed by atoms with Gasteiger partial charge < -0.3 is 10.1 Å². The Balaban J connectivity index is 2.02. The number of methoxy groups -OCH3 is 1. The SMILES string of the molecule is COc1ccc(C(C)=O)cc1CC(=O)NCc1ccc(C)cc1. The number of carbonyl (C=O) groups is 2. The predicted molar refractivity (Wildman–Crippen MR) is 89.7 cm³/mol. The monoisotopic (exact) mass is 311 g/mol. The van der Waals surface area contributed by atoms with Gasteiger partial charge in [0, 0.05) is 17.7 Å². The van der Waals surface area contributed by atoms with Gasteiger partial charge in [0.25, 0.3) is 0 Å². The molecule has 0 aliphatic rings. The van der Waals surface area contributed by atoms with Gasteiger partial charge in [-0.25, -0.2) is 0 Å². The van der Waals surface area contributed by atoms with E-state index in [1.54, 1.807) is 25.3 Å². The van der Waals surface area contributed by atoms with Crippen LogP contribution in [0.25, 0.3) is 0 Å². The molecule has 0 aliphatic heterocycles. The standard InChI is InChI=1S/C19H21NO3/c1-13-4-6-15(7-5-13)12-20-19(22)11-17-10-16(14(2)21)8-9-18(17)23-3/h4-10H,11-12H2,1-3H3,(H,20,22). The van der Waals surface area contributed by atoms with E-state index in [0.29, 0.717) is 23.4 Å². The van der Waals surface area contributed by atoms with Crippen molar-refractivity contribution in [1.29, 1.82) is 0 Å². The second-order valence-electron chi connectivity index (χ2n) is 5.52. The van der Waals surface area contributed by atoms with E-state index < -0.39 is 0 Å². The number of aryl methyl sites for hydroxylation is 1. The number of benzene rings is 2. The minimum atomic E-state index is -0.107. The fraction of sp³-hybridized carbons (Fsp3) is 0.263. The molecular weight excluding hydrogens is 290 g/mol. The molecule has 2 rings (SSSR count). The zero-order valence-electron chi connectivity index (χ0n) is 13.7. The molecule has 0 saturated carbocycles. The van der Waals surface area contributed by atoms with Gasteiger partial charge in [0.2, 0.25) is 5.91 Å². The summed E-state index contributed by atoms with van der Waals surface area (Å²) in [6.45, 7) is 4.01. The summed E-state index contributed by atoms with van der Waals surface area (Å²) in [4.78, 5) is 23.6. The van der Waals surface area contributed by atoms with Crippen molar-refractivity contribution in [3.63, 3.8) is 0 Å². The molecule has 0 saturated heterocycles. The first-order valence-corrected chi connectivity index (χ1v) is 7.49. The van der Waals surface area contributed by atoms with Crippen LogP contribution in [0.2, 0.25) is 0 Å². The van der Waals surface area contributed by atoms with Gasteiger partial charge in [0.1, 0.15) is 5.75 Å². The van der Waals surface area contributed by atoms with Crippen LogP contribution in [0, 0.1) is 6.92 Å². The highest BCUT2D eigenvalue weighted by molar-refractivity contribution is 5.94. The van der Waals surface area contributed by atoms with Crippen molar-refractivity contribution < 1.29 is 14.3 Å². The van der Waals surface area contributed by atoms with Crippen molar-refractivity contribution >= 4 is 11.7 Å². The number of nitrogens with one attached hydrogen (secondary N) is 1. The molecule has 0 heterocycles. The summed E-state index contributed by atoms with van der Waals surface area (Å²) in [5, 5.41) is 2.89. The second kappa shape index (κ2) is 7.58. The number of ketones is 1. The molecular formula is C19H21NO3. The predicted octanol–water partition coefficient (Wildman–Crippen LogP) is 3.07. The maximum absolute atomic E-state index is 12.2. The number of hydrogen-bond donors (Lipinski definition) is 1. The molecule has 0 spiro atoms. The van der Waals surface area contributed by atoms with Crippen molar-refractivity contribution in [3.8, 4) is 5.75 Å². The quantitative estimate of drug-likeness (QED) is 0.834. The third-order valence-corrected chi connectivity index (χ3v) is 3.65. The van der Waals surface area contributed by atoms with Gasteiger partial charge in [0.15, 0.2) is 5.78 Å². The fourth-order valence-electron chi connectivity index (χ4n) is 2.28. The van der Waals surface area contributed by atoms with E-state index in [-0.39, 0.29) is 18.1 Å². The van der Waals surface area contributed by atoms with Crippen LogP contribution >= 0.6 is 0 Å². The van der Waals surface area contributed by atoms with Crippen LogP contribution in [0.5, 0.6) is 5.75 Å². The highest BCUT2D eigenvalue weighted by atomic mass is 16.5. The summed E-state index contributed by atoms with van der Waals surface area (Å²) >= 11 is 0. The summed E-state index contributed by atoms with van der Waals surface area (Å²) in [7, 11) is 1.55. The van der Waals surface area contributed by atoms with Crippen LogP contribution in [-0.2, 0) is 17.8 Å². The van der Waals surface area contributed by atoms with Crippen molar-refractivity contribution in [2.24, 2.45) is 0 Å². The van der Waals surface area contributed by atoms with Gasteiger partial charge >= 0.3 is 0 Å². The van der Waals surface area contributed by atoms with E-state index in [2.05, 4.69) is 5.32 Å². The first-order chi connectivity index (χ1) is 11.0. The van der Waals surface area contributed by atoms with Gasteiger partial charge in [-0.05, 0) is 37.6 Å². The van der Waals surface area contributed by atoms with Gasteiger partial charge in [-0.1, -0.05) is 29.8 Å². The largest absolute Gasteiger partial charge is 0.496 e. The van der Waals surface area contributed by atoms with Gasteiger partial charge in [0.05, 0.1) is 13.5 Å². The molecule has 0 aromatic heterocycles. The molecule has 0 bridgehead atoms. The molecule has 120 valence electrons. The number of rotatable bonds is 6. The van der Waals surface area contributed by atoms with E-state index in [1.165, 1.54) is 12.5 Å². The summed E-state index contributed by atoms with van der Waals surface area (Å²) in [6.07, 6.45) is 0.177. The number of hydrogen-bond acceptors (Lipinski definition) is 3. The van der Waals surface area contributed by atoms with Crippen molar-refractivity contribution in [1.82, 2.24) is 5.32 Å². The fourth-order valence-corrected chi connectivity index (χ4v) is 2.28. The van der Waals surface area contributed by atoms with Crippen molar-refractivity contribution in [2.75, 3.05) is 7.11 Å². The first-order valence-electron chi connectivity index (χ1n) is 7.49. The molecule has 0 radical (unpaired) electrons. The molecule has 0 unspecified atom stereocenters. The molecule has 2 aromatic carbocycles. The molecule has 0 fully saturated rings. The molecule has 0 atom stereocenters. The summed E-state index contributed by atoms with van der Waals surface area (Å²) < 4.78 is 5.27. The highest BCUT2D eigenvalue weighted by Gasteiger charge is 2.11. The minimum absolute atomic E-state index is 0.0334. The topological polar surface area (TPSA) is 55.4 Å². The zero-order chi connectivity index (χ0) is 16.8. The molecule has 1 amide bonds. The summed E-state index contributed by atoms with van der Waals surface area (Å²) in [5.41, 5.74) is 3.52. The number of amides is 1. The third-order valence-electron chi connectivity index (χ3n) is 3.65. The Morgan fingerprint density at radius 2 is 1.78 bits per heavy atom. The van der Waals surface area contributed by atoms with Crippen molar-refractivity contribution in [3.05, 3.63) is 64.7 Å². The minimum Gasteiger partial charge on any atom is -0.496 e. The average molecular weight is 311 g/mol. The third kappa shape index (κ3) is 4.68. The summed E-state index contributed by atoms with van der Waals surface area (Å²) in [6, 6.07) is 13.2. The number of carbonyl (C=O) groups excluding carboxylic acids is 2.